The zero-order chi connectivity index (χ0) is 28.2. The fourth-order valence-electron chi connectivity index (χ4n) is 5.03. The number of thiazole rings is 1. The normalized spacial score (nSPS) is 16.5. The van der Waals surface area contributed by atoms with Crippen LogP contribution in [0, 0.1) is 5.82 Å². The predicted molar refractivity (Wildman–Crippen MR) is 164 cm³/mol. The Balaban J connectivity index is 1.39. The van der Waals surface area contributed by atoms with Crippen LogP contribution in [-0.2, 0) is 19.4 Å². The number of methoxy groups -OCH3 is 2. The summed E-state index contributed by atoms with van der Waals surface area (Å²) in [7, 11) is 7.40. The van der Waals surface area contributed by atoms with Crippen molar-refractivity contribution in [2.75, 3.05) is 37.9 Å². The molecule has 3 aromatic carbocycles. The molecule has 1 aromatic heterocycles. The van der Waals surface area contributed by atoms with Crippen molar-refractivity contribution in [3.63, 3.8) is 0 Å². The summed E-state index contributed by atoms with van der Waals surface area (Å²) in [5.41, 5.74) is 4.19. The zero-order valence-corrected chi connectivity index (χ0v) is 25.2. The van der Waals surface area contributed by atoms with E-state index in [1.807, 2.05) is 27.9 Å². The first-order valence-corrected chi connectivity index (χ1v) is 14.9. The molecular weight excluding hydrogens is 567 g/mol. The summed E-state index contributed by atoms with van der Waals surface area (Å²) in [6, 6.07) is 17.7. The smallest absolute Gasteiger partial charge is 0.195 e. The van der Waals surface area contributed by atoms with Crippen LogP contribution in [0.4, 0.5) is 15.2 Å². The lowest BCUT2D eigenvalue weighted by molar-refractivity contribution is 0.250. The summed E-state index contributed by atoms with van der Waals surface area (Å²) in [6.45, 7) is 0.439. The van der Waals surface area contributed by atoms with Gasteiger partial charge in [0.15, 0.2) is 5.13 Å². The number of hydrogen-bond acceptors (Lipinski definition) is 8. The maximum atomic E-state index is 15.6. The van der Waals surface area contributed by atoms with E-state index >= 15 is 4.39 Å². The van der Waals surface area contributed by atoms with E-state index in [9.17, 15) is 0 Å². The molecule has 4 aromatic rings. The predicted octanol–water partition coefficient (Wildman–Crippen LogP) is 7.18. The molecule has 0 radical (unpaired) electrons. The second-order valence-electron chi connectivity index (χ2n) is 9.84. The van der Waals surface area contributed by atoms with Crippen LogP contribution in [-0.4, -0.2) is 50.3 Å². The molecule has 5 rings (SSSR count). The van der Waals surface area contributed by atoms with Gasteiger partial charge < -0.3 is 19.7 Å². The number of likely N-dealkylation sites (N-methyl/N-ethyl adjacent to an activating group) is 1. The van der Waals surface area contributed by atoms with Gasteiger partial charge in [-0.05, 0) is 74.3 Å². The monoisotopic (exact) mass is 598 g/mol. The number of aromatic nitrogens is 1. The average molecular weight is 599 g/mol. The van der Waals surface area contributed by atoms with E-state index in [1.54, 1.807) is 26.5 Å². The SMILES string of the molecule is COc1ccc(CN(Sc2cc(Cl)c(N[C@H]3Cc4ccccc4CC3N(C)C)cc2F)c2nccs2)c(OC)c1. The van der Waals surface area contributed by atoms with Gasteiger partial charge in [-0.2, -0.15) is 0 Å². The molecule has 1 N–H and O–H groups in total. The van der Waals surface area contributed by atoms with Crippen LogP contribution in [0.15, 0.2) is 71.1 Å². The molecule has 6 nitrogen and oxygen atoms in total. The van der Waals surface area contributed by atoms with E-state index < -0.39 is 0 Å². The van der Waals surface area contributed by atoms with Gasteiger partial charge in [-0.25, -0.2) is 9.37 Å². The molecule has 0 aliphatic heterocycles. The van der Waals surface area contributed by atoms with Crippen LogP contribution >= 0.6 is 34.9 Å². The van der Waals surface area contributed by atoms with Gasteiger partial charge >= 0.3 is 0 Å². The number of ether oxygens (including phenoxy) is 2. The Bertz CT molecular complexity index is 1450. The lowest BCUT2D eigenvalue weighted by Gasteiger charge is -2.38. The van der Waals surface area contributed by atoms with Crippen molar-refractivity contribution in [2.45, 2.75) is 36.4 Å². The Labute approximate surface area is 248 Å². The van der Waals surface area contributed by atoms with E-state index in [4.69, 9.17) is 21.1 Å². The fraction of sp³-hybridized carbons (Fsp3) is 0.300. The number of nitrogens with zero attached hydrogens (tertiary/aromatic N) is 3. The highest BCUT2D eigenvalue weighted by Crippen LogP contribution is 2.39. The van der Waals surface area contributed by atoms with E-state index in [-0.39, 0.29) is 17.9 Å². The quantitative estimate of drug-likeness (QED) is 0.194. The third-order valence-corrected chi connectivity index (χ3v) is 9.38. The highest BCUT2D eigenvalue weighted by atomic mass is 35.5. The molecule has 1 aliphatic carbocycles. The largest absolute Gasteiger partial charge is 0.497 e. The maximum absolute atomic E-state index is 15.6. The number of benzene rings is 3. The molecule has 40 heavy (non-hydrogen) atoms. The van der Waals surface area contributed by atoms with Crippen molar-refractivity contribution in [3.8, 4) is 11.5 Å². The van der Waals surface area contributed by atoms with Gasteiger partial charge in [-0.3, -0.25) is 4.31 Å². The Morgan fingerprint density at radius 3 is 2.52 bits per heavy atom. The Hall–Kier alpha value is -2.98. The topological polar surface area (TPSA) is 49.9 Å². The van der Waals surface area contributed by atoms with Gasteiger partial charge in [0.2, 0.25) is 0 Å². The third kappa shape index (κ3) is 6.33. The zero-order valence-electron chi connectivity index (χ0n) is 22.9. The van der Waals surface area contributed by atoms with E-state index in [2.05, 4.69) is 53.6 Å². The first-order valence-electron chi connectivity index (χ1n) is 12.9. The molecule has 1 aliphatic rings. The van der Waals surface area contributed by atoms with Crippen LogP contribution in [0.2, 0.25) is 5.02 Å². The first kappa shape index (κ1) is 28.5. The fourth-order valence-corrected chi connectivity index (χ4v) is 6.98. The summed E-state index contributed by atoms with van der Waals surface area (Å²) in [6.07, 6.45) is 3.50. The van der Waals surface area contributed by atoms with Crippen LogP contribution in [0.3, 0.4) is 0 Å². The molecule has 0 spiro atoms. The molecule has 0 saturated heterocycles. The van der Waals surface area contributed by atoms with Crippen LogP contribution in [0.1, 0.15) is 16.7 Å². The van der Waals surface area contributed by atoms with Gasteiger partial charge in [0, 0.05) is 35.3 Å². The number of fused-ring (bicyclic) bond motifs is 1. The highest BCUT2D eigenvalue weighted by molar-refractivity contribution is 8.00. The van der Waals surface area contributed by atoms with Crippen LogP contribution in [0.25, 0.3) is 0 Å². The number of nitrogens with one attached hydrogen (secondary N) is 1. The summed E-state index contributed by atoms with van der Waals surface area (Å²) < 4.78 is 28.5. The molecule has 10 heteroatoms. The van der Waals surface area contributed by atoms with Crippen molar-refractivity contribution in [1.82, 2.24) is 9.88 Å². The van der Waals surface area contributed by atoms with Gasteiger partial charge in [0.05, 0.1) is 36.4 Å². The lowest BCUT2D eigenvalue weighted by atomic mass is 9.84. The minimum absolute atomic E-state index is 0.0923. The Kier molecular flexibility index (Phi) is 9.05. The number of hydrogen-bond donors (Lipinski definition) is 1. The maximum Gasteiger partial charge on any atom is 0.195 e. The molecular formula is C30H32ClFN4O2S2. The number of anilines is 2. The summed E-state index contributed by atoms with van der Waals surface area (Å²) in [5.74, 6) is 1.04. The molecule has 0 fully saturated rings. The molecule has 0 amide bonds. The van der Waals surface area contributed by atoms with Crippen molar-refractivity contribution in [1.29, 1.82) is 0 Å². The molecule has 1 heterocycles. The first-order chi connectivity index (χ1) is 19.4. The standard InChI is InChI=1S/C30H32ClFN4O2S2/c1-35(2)27-14-20-8-6-5-7-19(20)13-26(27)34-25-17-24(32)29(16-23(25)31)40-36(30-33-11-12-39-30)18-21-9-10-22(37-3)15-28(21)38-4/h5-12,15-17,26-27,34H,13-14,18H2,1-4H3/t26-,27?/m0/s1. The average Bonchev–Trinajstić information content (AvgIpc) is 3.50. The number of rotatable bonds is 10. The van der Waals surface area contributed by atoms with Crippen molar-refractivity contribution in [2.24, 2.45) is 0 Å². The molecule has 210 valence electrons. The Morgan fingerprint density at radius 1 is 1.07 bits per heavy atom. The lowest BCUT2D eigenvalue weighted by Crippen LogP contribution is -2.48. The summed E-state index contributed by atoms with van der Waals surface area (Å²) in [4.78, 5) is 7.11. The highest BCUT2D eigenvalue weighted by Gasteiger charge is 2.30. The van der Waals surface area contributed by atoms with Crippen LogP contribution < -0.4 is 19.1 Å². The van der Waals surface area contributed by atoms with Crippen molar-refractivity contribution >= 4 is 45.7 Å². The van der Waals surface area contributed by atoms with Crippen LogP contribution in [0.5, 0.6) is 11.5 Å². The van der Waals surface area contributed by atoms with Gasteiger partial charge in [0.25, 0.3) is 0 Å². The van der Waals surface area contributed by atoms with E-state index in [1.165, 1.54) is 40.5 Å². The molecule has 0 bridgehead atoms. The van der Waals surface area contributed by atoms with Crippen molar-refractivity contribution < 1.29 is 13.9 Å². The molecule has 2 atom stereocenters. The Morgan fingerprint density at radius 2 is 1.85 bits per heavy atom. The minimum Gasteiger partial charge on any atom is -0.497 e. The second kappa shape index (κ2) is 12.7. The van der Waals surface area contributed by atoms with Gasteiger partial charge in [0.1, 0.15) is 17.3 Å². The van der Waals surface area contributed by atoms with Crippen molar-refractivity contribution in [3.05, 3.63) is 93.7 Å². The van der Waals surface area contributed by atoms with Gasteiger partial charge in [-0.15, -0.1) is 11.3 Å². The molecule has 0 saturated carbocycles. The third-order valence-electron chi connectivity index (χ3n) is 7.13. The van der Waals surface area contributed by atoms with E-state index in [0.717, 1.165) is 23.5 Å². The summed E-state index contributed by atoms with van der Waals surface area (Å²) in [5, 5.41) is 6.68. The number of halogens is 2. The second-order valence-corrected chi connectivity index (χ2v) is 12.2. The summed E-state index contributed by atoms with van der Waals surface area (Å²) >= 11 is 9.52. The molecule has 1 unspecified atom stereocenters. The van der Waals surface area contributed by atoms with E-state index in [0.29, 0.717) is 33.6 Å². The minimum atomic E-state index is -0.349. The van der Waals surface area contributed by atoms with Gasteiger partial charge in [-0.1, -0.05) is 35.9 Å².